The van der Waals surface area contributed by atoms with E-state index in [-0.39, 0.29) is 17.5 Å². The van der Waals surface area contributed by atoms with Crippen LogP contribution in [0.3, 0.4) is 0 Å². The number of carbonyl (C=O) groups excluding carboxylic acids is 1. The lowest BCUT2D eigenvalue weighted by atomic mass is 10.6. The smallest absolute Gasteiger partial charge is 0.415 e. The minimum absolute atomic E-state index is 0.156. The van der Waals surface area contributed by atoms with Gasteiger partial charge in [-0.2, -0.15) is 0 Å². The first-order valence-electron chi connectivity index (χ1n) is 3.52. The summed E-state index contributed by atoms with van der Waals surface area (Å²) in [7, 11) is 0. The van der Waals surface area contributed by atoms with Crippen LogP contribution in [0.4, 0.5) is 4.79 Å². The third-order valence-electron chi connectivity index (χ3n) is 1.09. The molecule has 0 aliphatic carbocycles. The van der Waals surface area contributed by atoms with Crippen molar-refractivity contribution in [1.29, 1.82) is 0 Å². The number of ether oxygens (including phenoxy) is 1. The fourth-order valence-electron chi connectivity index (χ4n) is 0.568. The quantitative estimate of drug-likeness (QED) is 0.444. The highest BCUT2D eigenvalue weighted by atomic mass is 32.1. The van der Waals surface area contributed by atoms with Crippen LogP contribution >= 0.6 is 24.8 Å². The molecule has 0 heterocycles. The Labute approximate surface area is 88.5 Å². The number of rotatable bonds is 4. The summed E-state index contributed by atoms with van der Waals surface area (Å²) in [5.74, 6) is 0. The highest BCUT2D eigenvalue weighted by Crippen LogP contribution is 2.00. The van der Waals surface area contributed by atoms with Gasteiger partial charge in [0, 0.05) is 6.54 Å². The number of hydrogen-bond donors (Lipinski definition) is 1. The zero-order valence-corrected chi connectivity index (χ0v) is 8.81. The number of thiocarbonyl (C=S) groups is 1. The van der Waals surface area contributed by atoms with E-state index < -0.39 is 6.09 Å². The normalized spacial score (nSPS) is 8.69. The van der Waals surface area contributed by atoms with Gasteiger partial charge in [0.05, 0.1) is 0 Å². The van der Waals surface area contributed by atoms with Crippen LogP contribution < -0.4 is 0 Å². The first kappa shape index (κ1) is 12.2. The Kier molecular flexibility index (Phi) is 6.26. The number of hydrogen-bond acceptors (Lipinski definition) is 3. The topological polar surface area (TPSA) is 29.5 Å². The minimum Gasteiger partial charge on any atom is -0.445 e. The van der Waals surface area contributed by atoms with Crippen LogP contribution in [0.2, 0.25) is 0 Å². The maximum absolute atomic E-state index is 11.2. The Morgan fingerprint density at radius 2 is 2.15 bits per heavy atom. The molecule has 0 radical (unpaired) electrons. The predicted octanol–water partition coefficient (Wildman–Crippen LogP) is 2.01. The van der Waals surface area contributed by atoms with E-state index in [1.165, 1.54) is 17.1 Å². The zero-order chi connectivity index (χ0) is 10.3. The van der Waals surface area contributed by atoms with Gasteiger partial charge in [-0.25, -0.2) is 4.79 Å². The molecule has 0 N–H and O–H groups in total. The van der Waals surface area contributed by atoms with Crippen molar-refractivity contribution in [2.24, 2.45) is 0 Å². The van der Waals surface area contributed by atoms with E-state index in [2.05, 4.69) is 25.8 Å². The van der Waals surface area contributed by atoms with E-state index in [1.54, 1.807) is 0 Å². The molecule has 3 nitrogen and oxygen atoms in total. The molecule has 0 aromatic carbocycles. The van der Waals surface area contributed by atoms with Crippen molar-refractivity contribution in [2.75, 3.05) is 13.2 Å². The molecule has 0 saturated heterocycles. The van der Waals surface area contributed by atoms with Crippen LogP contribution in [0.5, 0.6) is 0 Å². The van der Waals surface area contributed by atoms with Crippen molar-refractivity contribution in [1.82, 2.24) is 4.90 Å². The second kappa shape index (κ2) is 6.68. The summed E-state index contributed by atoms with van der Waals surface area (Å²) in [5.41, 5.74) is 0. The number of carbonyl (C=O) groups is 1. The lowest BCUT2D eigenvalue weighted by Gasteiger charge is -2.17. The van der Waals surface area contributed by atoms with Crippen molar-refractivity contribution in [3.63, 3.8) is 0 Å². The van der Waals surface area contributed by atoms with Crippen LogP contribution in [0.1, 0.15) is 0 Å². The van der Waals surface area contributed by atoms with Gasteiger partial charge in [0.2, 0.25) is 0 Å². The summed E-state index contributed by atoms with van der Waals surface area (Å²) in [6.45, 7) is 7.34. The van der Waals surface area contributed by atoms with Gasteiger partial charge < -0.3 is 4.74 Å². The summed E-state index contributed by atoms with van der Waals surface area (Å²) >= 11 is 8.60. The van der Waals surface area contributed by atoms with Gasteiger partial charge in [-0.05, 0) is 0 Å². The standard InChI is InChI=1S/C8H11NO2S2/c1-3-5-9(8(12)13)7(10)11-6-4-2/h3-4H,1-2,5-6H2,(H,12,13). The van der Waals surface area contributed by atoms with Gasteiger partial charge in [-0.1, -0.05) is 30.9 Å². The molecule has 0 unspecified atom stereocenters. The van der Waals surface area contributed by atoms with E-state index in [0.29, 0.717) is 0 Å². The molecule has 0 spiro atoms. The van der Waals surface area contributed by atoms with Gasteiger partial charge in [0.1, 0.15) is 10.9 Å². The van der Waals surface area contributed by atoms with E-state index in [1.807, 2.05) is 0 Å². The van der Waals surface area contributed by atoms with Crippen LogP contribution in [0.15, 0.2) is 25.3 Å². The zero-order valence-electron chi connectivity index (χ0n) is 7.10. The van der Waals surface area contributed by atoms with Crippen LogP contribution in [0.25, 0.3) is 0 Å². The molecule has 0 saturated carbocycles. The monoisotopic (exact) mass is 217 g/mol. The Morgan fingerprint density at radius 3 is 2.54 bits per heavy atom. The van der Waals surface area contributed by atoms with Crippen molar-refractivity contribution in [3.8, 4) is 0 Å². The molecule has 0 aliphatic rings. The van der Waals surface area contributed by atoms with Crippen molar-refractivity contribution in [2.45, 2.75) is 0 Å². The number of thiol groups is 1. The fraction of sp³-hybridized carbons (Fsp3) is 0.250. The molecule has 0 aromatic heterocycles. The SMILES string of the molecule is C=CCOC(=O)N(CC=C)C(=S)S. The van der Waals surface area contributed by atoms with Crippen LogP contribution in [-0.4, -0.2) is 28.5 Å². The van der Waals surface area contributed by atoms with Gasteiger partial charge >= 0.3 is 6.09 Å². The van der Waals surface area contributed by atoms with Crippen LogP contribution in [-0.2, 0) is 4.74 Å². The lowest BCUT2D eigenvalue weighted by molar-refractivity contribution is 0.138. The van der Waals surface area contributed by atoms with E-state index >= 15 is 0 Å². The van der Waals surface area contributed by atoms with Crippen LogP contribution in [0, 0.1) is 0 Å². The average molecular weight is 217 g/mol. The summed E-state index contributed by atoms with van der Waals surface area (Å²) in [4.78, 5) is 12.4. The molecule has 5 heteroatoms. The molecule has 0 bridgehead atoms. The van der Waals surface area contributed by atoms with Gasteiger partial charge in [-0.15, -0.1) is 19.2 Å². The lowest BCUT2D eigenvalue weighted by Crippen LogP contribution is -2.33. The molecule has 0 aliphatic heterocycles. The summed E-state index contributed by atoms with van der Waals surface area (Å²) in [6, 6.07) is 0. The Balaban J connectivity index is 4.18. The fourth-order valence-corrected chi connectivity index (χ4v) is 0.880. The maximum Gasteiger partial charge on any atom is 0.415 e. The molecule has 0 rings (SSSR count). The number of amides is 1. The predicted molar refractivity (Wildman–Crippen MR) is 60.0 cm³/mol. The maximum atomic E-state index is 11.2. The molecule has 13 heavy (non-hydrogen) atoms. The summed E-state index contributed by atoms with van der Waals surface area (Å²) < 4.78 is 4.91. The molecule has 72 valence electrons. The number of nitrogens with zero attached hydrogens (tertiary/aromatic N) is 1. The largest absolute Gasteiger partial charge is 0.445 e. The first-order valence-corrected chi connectivity index (χ1v) is 4.38. The molecule has 0 aromatic rings. The summed E-state index contributed by atoms with van der Waals surface area (Å²) in [5, 5.41) is 0. The molecular formula is C8H11NO2S2. The Morgan fingerprint density at radius 1 is 1.54 bits per heavy atom. The molecule has 1 amide bonds. The highest BCUT2D eigenvalue weighted by molar-refractivity contribution is 8.11. The Hall–Kier alpha value is -0.810. The second-order valence-corrected chi connectivity index (χ2v) is 3.16. The van der Waals surface area contributed by atoms with Gasteiger partial charge in [0.15, 0.2) is 0 Å². The molecule has 0 fully saturated rings. The van der Waals surface area contributed by atoms with Gasteiger partial charge in [-0.3, -0.25) is 4.90 Å². The van der Waals surface area contributed by atoms with E-state index in [0.717, 1.165) is 0 Å². The second-order valence-electron chi connectivity index (χ2n) is 2.05. The van der Waals surface area contributed by atoms with E-state index in [9.17, 15) is 4.79 Å². The van der Waals surface area contributed by atoms with Crippen molar-refractivity contribution in [3.05, 3.63) is 25.3 Å². The van der Waals surface area contributed by atoms with Crippen molar-refractivity contribution >= 4 is 35.3 Å². The molecular weight excluding hydrogens is 206 g/mol. The van der Waals surface area contributed by atoms with Crippen molar-refractivity contribution < 1.29 is 9.53 Å². The Bertz CT molecular complexity index is 228. The van der Waals surface area contributed by atoms with E-state index in [4.69, 9.17) is 17.0 Å². The molecule has 0 atom stereocenters. The third-order valence-corrected chi connectivity index (χ3v) is 1.55. The first-order chi connectivity index (χ1) is 6.13. The van der Waals surface area contributed by atoms with Gasteiger partial charge in [0.25, 0.3) is 0 Å². The highest BCUT2D eigenvalue weighted by Gasteiger charge is 2.14. The summed E-state index contributed by atoms with van der Waals surface area (Å²) in [6.07, 6.45) is 2.48. The minimum atomic E-state index is -0.542. The third kappa shape index (κ3) is 4.69. The average Bonchev–Trinajstić information content (AvgIpc) is 2.09.